The summed E-state index contributed by atoms with van der Waals surface area (Å²) >= 11 is 0. The van der Waals surface area contributed by atoms with Crippen LogP contribution in [0.2, 0.25) is 0 Å². The molecule has 0 aliphatic carbocycles. The van der Waals surface area contributed by atoms with E-state index in [0.717, 1.165) is 6.42 Å². The third-order valence-corrected chi connectivity index (χ3v) is 3.62. The van der Waals surface area contributed by atoms with Gasteiger partial charge in [-0.15, -0.1) is 0 Å². The van der Waals surface area contributed by atoms with Crippen LogP contribution in [0.5, 0.6) is 0 Å². The number of likely N-dealkylation sites (tertiary alicyclic amines) is 1. The van der Waals surface area contributed by atoms with Crippen molar-refractivity contribution < 1.29 is 14.8 Å². The van der Waals surface area contributed by atoms with Gasteiger partial charge >= 0.3 is 0 Å². The van der Waals surface area contributed by atoms with Gasteiger partial charge in [0.15, 0.2) is 0 Å². The van der Waals surface area contributed by atoms with Crippen molar-refractivity contribution in [3.05, 3.63) is 39.4 Å². The molecule has 6 nitrogen and oxygen atoms in total. The molecular weight excluding hydrogens is 260 g/mol. The van der Waals surface area contributed by atoms with E-state index in [2.05, 4.69) is 0 Å². The van der Waals surface area contributed by atoms with Crippen LogP contribution >= 0.6 is 0 Å². The summed E-state index contributed by atoms with van der Waals surface area (Å²) in [5.74, 6) is -0.182. The predicted molar refractivity (Wildman–Crippen MR) is 73.6 cm³/mol. The van der Waals surface area contributed by atoms with Crippen LogP contribution < -0.4 is 0 Å². The van der Waals surface area contributed by atoms with E-state index in [0.29, 0.717) is 30.6 Å². The van der Waals surface area contributed by atoms with Crippen LogP contribution in [0.4, 0.5) is 5.69 Å². The molecule has 1 aliphatic rings. The highest BCUT2D eigenvalue weighted by molar-refractivity contribution is 5.96. The first kappa shape index (κ1) is 14.5. The molecule has 108 valence electrons. The monoisotopic (exact) mass is 278 g/mol. The SMILES string of the molecule is CCCC1(O)CN(C(=O)c2ccc([N+](=O)[O-])cc2C)C1. The third kappa shape index (κ3) is 2.65. The Kier molecular flexibility index (Phi) is 3.76. The molecule has 0 saturated carbocycles. The largest absolute Gasteiger partial charge is 0.386 e. The number of non-ortho nitro benzene ring substituents is 1. The maximum absolute atomic E-state index is 12.3. The average molecular weight is 278 g/mol. The van der Waals surface area contributed by atoms with Crippen molar-refractivity contribution in [3.63, 3.8) is 0 Å². The predicted octanol–water partition coefficient (Wildman–Crippen LogP) is 1.89. The molecular formula is C14H18N2O4. The minimum Gasteiger partial charge on any atom is -0.386 e. The number of nitro groups is 1. The number of aliphatic hydroxyl groups is 1. The first-order valence-electron chi connectivity index (χ1n) is 6.63. The summed E-state index contributed by atoms with van der Waals surface area (Å²) in [6.07, 6.45) is 1.55. The second kappa shape index (κ2) is 5.20. The fourth-order valence-electron chi connectivity index (χ4n) is 2.60. The highest BCUT2D eigenvalue weighted by atomic mass is 16.6. The number of aryl methyl sites for hydroxylation is 1. The average Bonchev–Trinajstić information content (AvgIpc) is 2.35. The van der Waals surface area contributed by atoms with Gasteiger partial charge in [0.1, 0.15) is 0 Å². The van der Waals surface area contributed by atoms with E-state index in [9.17, 15) is 20.0 Å². The van der Waals surface area contributed by atoms with Crippen LogP contribution in [0.25, 0.3) is 0 Å². The van der Waals surface area contributed by atoms with Gasteiger partial charge < -0.3 is 10.0 Å². The fraction of sp³-hybridized carbons (Fsp3) is 0.500. The molecule has 0 spiro atoms. The molecule has 0 radical (unpaired) electrons. The Labute approximate surface area is 117 Å². The van der Waals surface area contributed by atoms with Crippen molar-refractivity contribution >= 4 is 11.6 Å². The molecule has 0 bridgehead atoms. The first-order chi connectivity index (χ1) is 9.36. The number of hydrogen-bond donors (Lipinski definition) is 1. The van der Waals surface area contributed by atoms with Crippen molar-refractivity contribution in [1.82, 2.24) is 4.90 Å². The quantitative estimate of drug-likeness (QED) is 0.673. The van der Waals surface area contributed by atoms with Gasteiger partial charge in [0.2, 0.25) is 0 Å². The lowest BCUT2D eigenvalue weighted by Crippen LogP contribution is -2.63. The molecule has 1 saturated heterocycles. The Balaban J connectivity index is 2.10. The normalized spacial score (nSPS) is 16.6. The summed E-state index contributed by atoms with van der Waals surface area (Å²) in [5.41, 5.74) is 0.244. The number of rotatable bonds is 4. The van der Waals surface area contributed by atoms with Crippen LogP contribution in [-0.2, 0) is 0 Å². The number of hydrogen-bond acceptors (Lipinski definition) is 4. The van der Waals surface area contributed by atoms with Gasteiger partial charge in [0.05, 0.1) is 23.6 Å². The Morgan fingerprint density at radius 3 is 2.65 bits per heavy atom. The summed E-state index contributed by atoms with van der Waals surface area (Å²) < 4.78 is 0. The van der Waals surface area contributed by atoms with Gasteiger partial charge in [0, 0.05) is 17.7 Å². The third-order valence-electron chi connectivity index (χ3n) is 3.62. The first-order valence-corrected chi connectivity index (χ1v) is 6.63. The smallest absolute Gasteiger partial charge is 0.269 e. The number of nitro benzene ring substituents is 1. The standard InChI is InChI=1S/C14H18N2O4/c1-3-6-14(18)8-15(9-14)13(17)12-5-4-11(16(19)20)7-10(12)2/h4-5,7,18H,3,6,8-9H2,1-2H3. The maximum atomic E-state index is 12.3. The molecule has 1 heterocycles. The van der Waals surface area contributed by atoms with Crippen LogP contribution in [-0.4, -0.2) is 39.5 Å². The van der Waals surface area contributed by atoms with Crippen molar-refractivity contribution in [2.45, 2.75) is 32.3 Å². The van der Waals surface area contributed by atoms with Crippen molar-refractivity contribution in [3.8, 4) is 0 Å². The molecule has 2 rings (SSSR count). The molecule has 1 aromatic carbocycles. The second-order valence-corrected chi connectivity index (χ2v) is 5.39. The minimum absolute atomic E-state index is 0.0230. The molecule has 1 amide bonds. The molecule has 20 heavy (non-hydrogen) atoms. The van der Waals surface area contributed by atoms with Crippen LogP contribution in [0.15, 0.2) is 18.2 Å². The van der Waals surface area contributed by atoms with Gasteiger partial charge in [-0.05, 0) is 25.0 Å². The van der Waals surface area contributed by atoms with Crippen molar-refractivity contribution in [1.29, 1.82) is 0 Å². The number of carbonyl (C=O) groups is 1. The lowest BCUT2D eigenvalue weighted by Gasteiger charge is -2.46. The van der Waals surface area contributed by atoms with Crippen LogP contribution in [0.1, 0.15) is 35.7 Å². The zero-order chi connectivity index (χ0) is 14.9. The van der Waals surface area contributed by atoms with Crippen molar-refractivity contribution in [2.75, 3.05) is 13.1 Å². The van der Waals surface area contributed by atoms with Crippen LogP contribution in [0, 0.1) is 17.0 Å². The zero-order valence-corrected chi connectivity index (χ0v) is 11.6. The molecule has 0 atom stereocenters. The van der Waals surface area contributed by atoms with E-state index in [-0.39, 0.29) is 11.6 Å². The lowest BCUT2D eigenvalue weighted by atomic mass is 9.88. The van der Waals surface area contributed by atoms with E-state index in [1.165, 1.54) is 18.2 Å². The summed E-state index contributed by atoms with van der Waals surface area (Å²) in [6, 6.07) is 4.20. The number of benzene rings is 1. The minimum atomic E-state index is -0.765. The van der Waals surface area contributed by atoms with Gasteiger partial charge in [0.25, 0.3) is 11.6 Å². The second-order valence-electron chi connectivity index (χ2n) is 5.39. The van der Waals surface area contributed by atoms with Gasteiger partial charge in [-0.2, -0.15) is 0 Å². The van der Waals surface area contributed by atoms with Gasteiger partial charge in [-0.25, -0.2) is 0 Å². The van der Waals surface area contributed by atoms with E-state index >= 15 is 0 Å². The molecule has 0 unspecified atom stereocenters. The topological polar surface area (TPSA) is 83.7 Å². The van der Waals surface area contributed by atoms with Crippen LogP contribution in [0.3, 0.4) is 0 Å². The molecule has 6 heteroatoms. The summed E-state index contributed by atoms with van der Waals surface area (Å²) in [6.45, 7) is 4.33. The fourth-order valence-corrected chi connectivity index (χ4v) is 2.60. The van der Waals surface area contributed by atoms with Gasteiger partial charge in [-0.1, -0.05) is 13.3 Å². The Morgan fingerprint density at radius 2 is 2.15 bits per heavy atom. The van der Waals surface area contributed by atoms with E-state index < -0.39 is 10.5 Å². The van der Waals surface area contributed by atoms with Crippen molar-refractivity contribution in [2.24, 2.45) is 0 Å². The lowest BCUT2D eigenvalue weighted by molar-refractivity contribution is -0.384. The molecule has 0 aromatic heterocycles. The van der Waals surface area contributed by atoms with Gasteiger partial charge in [-0.3, -0.25) is 14.9 Å². The Hall–Kier alpha value is -1.95. The van der Waals surface area contributed by atoms with E-state index in [1.807, 2.05) is 6.92 Å². The maximum Gasteiger partial charge on any atom is 0.269 e. The molecule has 1 aromatic rings. The van der Waals surface area contributed by atoms with E-state index in [4.69, 9.17) is 0 Å². The Morgan fingerprint density at radius 1 is 1.50 bits per heavy atom. The number of amides is 1. The highest BCUT2D eigenvalue weighted by Crippen LogP contribution is 2.28. The van der Waals surface area contributed by atoms with E-state index in [1.54, 1.807) is 11.8 Å². The Bertz CT molecular complexity index is 550. The summed E-state index contributed by atoms with van der Waals surface area (Å²) in [4.78, 5) is 24.0. The number of carbonyl (C=O) groups excluding carboxylic acids is 1. The molecule has 1 N–H and O–H groups in total. The number of nitrogens with zero attached hydrogens (tertiary/aromatic N) is 2. The summed E-state index contributed by atoms with van der Waals surface area (Å²) in [7, 11) is 0. The summed E-state index contributed by atoms with van der Waals surface area (Å²) in [5, 5.41) is 20.7. The number of β-amino-alcohol motifs (C(OH)–C–C–N with tert-alkyl or cyclic N) is 1. The highest BCUT2D eigenvalue weighted by Gasteiger charge is 2.43. The molecule has 1 aliphatic heterocycles. The molecule has 1 fully saturated rings. The zero-order valence-electron chi connectivity index (χ0n) is 11.6.